The molecule has 9 nitrogen and oxygen atoms in total. The van der Waals surface area contributed by atoms with Crippen LogP contribution in [0.2, 0.25) is 0 Å². The van der Waals surface area contributed by atoms with Gasteiger partial charge >= 0.3 is 0 Å². The van der Waals surface area contributed by atoms with Crippen molar-refractivity contribution in [3.63, 3.8) is 0 Å². The third kappa shape index (κ3) is 5.34. The third-order valence-corrected chi connectivity index (χ3v) is 6.22. The summed E-state index contributed by atoms with van der Waals surface area (Å²) in [7, 11) is 1.74. The molecule has 2 aromatic rings. The summed E-state index contributed by atoms with van der Waals surface area (Å²) in [4.78, 5) is 14.9. The first-order chi connectivity index (χ1) is 14.7. The molecular weight excluding hydrogens is 384 g/mol. The zero-order chi connectivity index (χ0) is 20.8. The van der Waals surface area contributed by atoms with E-state index in [1.807, 2.05) is 30.3 Å². The lowest BCUT2D eigenvalue weighted by Crippen LogP contribution is -2.50. The Hall–Kier alpha value is -2.52. The Morgan fingerprint density at radius 1 is 1.17 bits per heavy atom. The number of benzene rings is 1. The smallest absolute Gasteiger partial charge is 0.222 e. The highest BCUT2D eigenvalue weighted by Gasteiger charge is 2.42. The van der Waals surface area contributed by atoms with Gasteiger partial charge in [0.1, 0.15) is 18.7 Å². The number of hydrogen-bond donors (Lipinski definition) is 1. The standard InChI is InChI=1S/C21H30N6O3/c1-29-20-12-17-14-26(9-10-30-18-5-3-2-4-6-18)13-16(17)11-19(20)23-21(28)7-8-27-15-22-24-25-27/h2-6,15-17,19-20H,7-14H2,1H3,(H,23,28)/t16-,17+,19-,20-/m0/s1. The molecule has 30 heavy (non-hydrogen) atoms. The molecule has 4 atom stereocenters. The van der Waals surface area contributed by atoms with Gasteiger partial charge in [-0.15, -0.1) is 5.10 Å². The van der Waals surface area contributed by atoms with Crippen LogP contribution in [0.3, 0.4) is 0 Å². The van der Waals surface area contributed by atoms with Gasteiger partial charge in [0.05, 0.1) is 18.7 Å². The van der Waals surface area contributed by atoms with Crippen LogP contribution in [-0.2, 0) is 16.1 Å². The fraction of sp³-hybridized carbons (Fsp3) is 0.619. The zero-order valence-electron chi connectivity index (χ0n) is 17.4. The Labute approximate surface area is 176 Å². The van der Waals surface area contributed by atoms with E-state index < -0.39 is 0 Å². The molecule has 1 saturated carbocycles. The largest absolute Gasteiger partial charge is 0.492 e. The highest BCUT2D eigenvalue weighted by molar-refractivity contribution is 5.76. The van der Waals surface area contributed by atoms with Crippen LogP contribution in [0.1, 0.15) is 19.3 Å². The number of nitrogens with zero attached hydrogens (tertiary/aromatic N) is 5. The molecule has 1 amide bonds. The van der Waals surface area contributed by atoms with Crippen LogP contribution in [0, 0.1) is 11.8 Å². The van der Waals surface area contributed by atoms with E-state index in [0.717, 1.165) is 38.2 Å². The predicted molar refractivity (Wildman–Crippen MR) is 110 cm³/mol. The minimum Gasteiger partial charge on any atom is -0.492 e. The number of nitrogens with one attached hydrogen (secondary N) is 1. The Balaban J connectivity index is 1.23. The number of methoxy groups -OCH3 is 1. The SMILES string of the molecule is CO[C@H]1C[C@@H]2CN(CCOc3ccccc3)C[C@@H]2C[C@@H]1NC(=O)CCn1cnnn1. The second kappa shape index (κ2) is 9.99. The molecule has 2 aliphatic rings. The molecule has 0 unspecified atom stereocenters. The van der Waals surface area contributed by atoms with Gasteiger partial charge in [0.15, 0.2) is 0 Å². The predicted octanol–water partition coefficient (Wildman–Crippen LogP) is 0.984. The van der Waals surface area contributed by atoms with Crippen molar-refractivity contribution in [3.8, 4) is 5.75 Å². The highest BCUT2D eigenvalue weighted by atomic mass is 16.5. The summed E-state index contributed by atoms with van der Waals surface area (Å²) in [5.74, 6) is 2.12. The lowest BCUT2D eigenvalue weighted by Gasteiger charge is -2.37. The maximum atomic E-state index is 12.4. The van der Waals surface area contributed by atoms with E-state index in [2.05, 4.69) is 25.7 Å². The van der Waals surface area contributed by atoms with Gasteiger partial charge in [-0.05, 0) is 47.2 Å². The Kier molecular flexibility index (Phi) is 6.91. The van der Waals surface area contributed by atoms with E-state index in [1.54, 1.807) is 11.8 Å². The summed E-state index contributed by atoms with van der Waals surface area (Å²) >= 11 is 0. The molecule has 9 heteroatoms. The summed E-state index contributed by atoms with van der Waals surface area (Å²) in [6, 6.07) is 9.99. The number of aryl methyl sites for hydroxylation is 1. The molecule has 1 aromatic heterocycles. The molecule has 4 rings (SSSR count). The Bertz CT molecular complexity index is 787. The van der Waals surface area contributed by atoms with Gasteiger partial charge in [0, 0.05) is 33.2 Å². The van der Waals surface area contributed by atoms with E-state index in [-0.39, 0.29) is 18.1 Å². The van der Waals surface area contributed by atoms with Crippen molar-refractivity contribution in [1.29, 1.82) is 0 Å². The number of tetrazole rings is 1. The van der Waals surface area contributed by atoms with Gasteiger partial charge in [-0.25, -0.2) is 4.68 Å². The first kappa shape index (κ1) is 20.7. The monoisotopic (exact) mass is 414 g/mol. The third-order valence-electron chi connectivity index (χ3n) is 6.22. The van der Waals surface area contributed by atoms with E-state index in [4.69, 9.17) is 9.47 Å². The fourth-order valence-corrected chi connectivity index (χ4v) is 4.69. The number of carbonyl (C=O) groups excluding carboxylic acids is 1. The summed E-state index contributed by atoms with van der Waals surface area (Å²) in [5, 5.41) is 14.2. The minimum atomic E-state index is 0.0158. The molecule has 0 bridgehead atoms. The number of hydrogen-bond acceptors (Lipinski definition) is 7. The van der Waals surface area contributed by atoms with E-state index in [0.29, 0.717) is 31.4 Å². The maximum absolute atomic E-state index is 12.4. The molecule has 1 saturated heterocycles. The quantitative estimate of drug-likeness (QED) is 0.654. The molecule has 2 heterocycles. The van der Waals surface area contributed by atoms with Crippen molar-refractivity contribution in [2.75, 3.05) is 33.4 Å². The minimum absolute atomic E-state index is 0.0158. The number of rotatable bonds is 9. The van der Waals surface area contributed by atoms with Gasteiger partial charge in [-0.3, -0.25) is 9.69 Å². The second-order valence-electron chi connectivity index (χ2n) is 8.18. The first-order valence-electron chi connectivity index (χ1n) is 10.6. The second-order valence-corrected chi connectivity index (χ2v) is 8.18. The molecule has 0 spiro atoms. The number of para-hydroxylation sites is 1. The lowest BCUT2D eigenvalue weighted by molar-refractivity contribution is -0.124. The van der Waals surface area contributed by atoms with Crippen molar-refractivity contribution in [2.45, 2.75) is 38.0 Å². The van der Waals surface area contributed by atoms with Crippen LogP contribution in [-0.4, -0.2) is 76.5 Å². The number of carbonyl (C=O) groups is 1. The molecule has 1 aliphatic carbocycles. The van der Waals surface area contributed by atoms with Gasteiger partial charge in [-0.2, -0.15) is 0 Å². The fourth-order valence-electron chi connectivity index (χ4n) is 4.69. The van der Waals surface area contributed by atoms with Crippen LogP contribution in [0.15, 0.2) is 36.7 Å². The molecule has 1 aromatic carbocycles. The first-order valence-corrected chi connectivity index (χ1v) is 10.6. The van der Waals surface area contributed by atoms with Crippen LogP contribution in [0.25, 0.3) is 0 Å². The van der Waals surface area contributed by atoms with E-state index >= 15 is 0 Å². The summed E-state index contributed by atoms with van der Waals surface area (Å²) < 4.78 is 13.2. The number of likely N-dealkylation sites (tertiary alicyclic amines) is 1. The Morgan fingerprint density at radius 3 is 2.70 bits per heavy atom. The average molecular weight is 415 g/mol. The van der Waals surface area contributed by atoms with Gasteiger partial charge in [0.25, 0.3) is 0 Å². The highest BCUT2D eigenvalue weighted by Crippen LogP contribution is 2.37. The van der Waals surface area contributed by atoms with E-state index in [9.17, 15) is 4.79 Å². The van der Waals surface area contributed by atoms with Crippen molar-refractivity contribution < 1.29 is 14.3 Å². The van der Waals surface area contributed by atoms with Crippen molar-refractivity contribution in [3.05, 3.63) is 36.7 Å². The van der Waals surface area contributed by atoms with Crippen molar-refractivity contribution >= 4 is 5.91 Å². The van der Waals surface area contributed by atoms with Crippen molar-refractivity contribution in [1.82, 2.24) is 30.4 Å². The topological polar surface area (TPSA) is 94.4 Å². The van der Waals surface area contributed by atoms with Crippen LogP contribution in [0.4, 0.5) is 0 Å². The van der Waals surface area contributed by atoms with Gasteiger partial charge in [0.2, 0.25) is 5.91 Å². The number of amides is 1. The molecule has 1 N–H and O–H groups in total. The van der Waals surface area contributed by atoms with Crippen LogP contribution in [0.5, 0.6) is 5.75 Å². The van der Waals surface area contributed by atoms with Gasteiger partial charge < -0.3 is 14.8 Å². The summed E-state index contributed by atoms with van der Waals surface area (Å²) in [6.45, 7) is 4.21. The molecular formula is C21H30N6O3. The Morgan fingerprint density at radius 2 is 1.97 bits per heavy atom. The zero-order valence-corrected chi connectivity index (χ0v) is 17.4. The molecule has 162 valence electrons. The average Bonchev–Trinajstić information content (AvgIpc) is 3.41. The van der Waals surface area contributed by atoms with Crippen LogP contribution < -0.4 is 10.1 Å². The van der Waals surface area contributed by atoms with E-state index in [1.165, 1.54) is 6.33 Å². The summed E-state index contributed by atoms with van der Waals surface area (Å²) in [6.07, 6.45) is 3.87. The molecule has 2 fully saturated rings. The number of fused-ring (bicyclic) bond motifs is 1. The lowest BCUT2D eigenvalue weighted by atomic mass is 9.77. The number of ether oxygens (including phenoxy) is 2. The molecule has 1 aliphatic heterocycles. The van der Waals surface area contributed by atoms with Gasteiger partial charge in [-0.1, -0.05) is 18.2 Å². The maximum Gasteiger partial charge on any atom is 0.222 e. The number of aromatic nitrogens is 4. The van der Waals surface area contributed by atoms with Crippen molar-refractivity contribution in [2.24, 2.45) is 11.8 Å². The molecule has 0 radical (unpaired) electrons. The normalized spacial score (nSPS) is 26.3. The summed E-state index contributed by atoms with van der Waals surface area (Å²) in [5.41, 5.74) is 0. The van der Waals surface area contributed by atoms with Crippen LogP contribution >= 0.6 is 0 Å².